The van der Waals surface area contributed by atoms with Gasteiger partial charge in [-0.25, -0.2) is 28.7 Å². The third kappa shape index (κ3) is 17.0. The predicted molar refractivity (Wildman–Crippen MR) is 329 cm³/mol. The number of halogens is 1. The van der Waals surface area contributed by atoms with E-state index >= 15 is 0 Å². The Hall–Kier alpha value is -10.4. The van der Waals surface area contributed by atoms with E-state index in [-0.39, 0.29) is 74.7 Å². The zero-order valence-electron chi connectivity index (χ0n) is 49.0. The summed E-state index contributed by atoms with van der Waals surface area (Å²) in [4.78, 5) is 99.5. The number of Topliss-reactive ketones (excluding diaryl/α,β-unsaturated/α-hetero) is 1. The summed E-state index contributed by atoms with van der Waals surface area (Å²) in [5.41, 5.74) is 15.9. The van der Waals surface area contributed by atoms with Crippen molar-refractivity contribution < 1.29 is 67.6 Å². The molecule has 0 radical (unpaired) electrons. The number of unbranched alkanes of at least 4 members (excludes halogenated alkanes) is 3. The minimum absolute atomic E-state index is 0. The number of aliphatic carboxylic acids is 2. The van der Waals surface area contributed by atoms with Crippen molar-refractivity contribution in [2.24, 2.45) is 5.73 Å². The van der Waals surface area contributed by atoms with Crippen LogP contribution >= 0.6 is 12.4 Å². The number of rotatable bonds is 24. The largest absolute Gasteiger partial charge is 0.480 e. The summed E-state index contributed by atoms with van der Waals surface area (Å²) < 4.78 is 15.6. The number of amides is 4. The Morgan fingerprint density at radius 3 is 1.47 bits per heavy atom. The van der Waals surface area contributed by atoms with Crippen LogP contribution in [0.5, 0.6) is 0 Å². The molecule has 0 unspecified atom stereocenters. The van der Waals surface area contributed by atoms with Gasteiger partial charge in [-0.05, 0) is 107 Å². The highest BCUT2D eigenvalue weighted by Crippen LogP contribution is 2.46. The second kappa shape index (κ2) is 32.0. The first-order valence-corrected chi connectivity index (χ1v) is 29.2. The van der Waals surface area contributed by atoms with E-state index in [1.807, 2.05) is 121 Å². The molecule has 2 atom stereocenters. The van der Waals surface area contributed by atoms with Crippen LogP contribution in [0.2, 0.25) is 0 Å². The van der Waals surface area contributed by atoms with Crippen LogP contribution in [0, 0.1) is 0 Å². The molecule has 0 bridgehead atoms. The second-order valence-corrected chi connectivity index (χ2v) is 21.2. The van der Waals surface area contributed by atoms with Crippen molar-refractivity contribution in [1.82, 2.24) is 40.6 Å². The van der Waals surface area contributed by atoms with Crippen molar-refractivity contribution in [1.29, 1.82) is 0 Å². The third-order valence-corrected chi connectivity index (χ3v) is 15.1. The molecule has 90 heavy (non-hydrogen) atoms. The molecule has 0 spiro atoms. The number of ketones is 1. The fraction of sp³-hybridized carbons (Fsp3) is 0.273. The number of para-hydroxylation sites is 2. The van der Waals surface area contributed by atoms with Crippen LogP contribution in [0.1, 0.15) is 109 Å². The van der Waals surface area contributed by atoms with Crippen LogP contribution in [0.15, 0.2) is 176 Å². The average Bonchev–Trinajstić information content (AvgIpc) is 1.66. The first kappa shape index (κ1) is 65.6. The highest BCUT2D eigenvalue weighted by atomic mass is 35.5. The molecule has 8 aromatic rings. The molecule has 0 saturated carbocycles. The number of imide groups is 1. The highest BCUT2D eigenvalue weighted by molar-refractivity contribution is 6.02. The first-order valence-electron chi connectivity index (χ1n) is 29.2. The number of nitrogens with two attached hydrogens (primary N) is 1. The van der Waals surface area contributed by atoms with Crippen molar-refractivity contribution in [3.8, 4) is 33.6 Å². The van der Waals surface area contributed by atoms with Crippen LogP contribution in [0.3, 0.4) is 0 Å². The van der Waals surface area contributed by atoms with Gasteiger partial charge in [0.1, 0.15) is 25.3 Å². The normalized spacial score (nSPS) is 13.3. The Labute approximate surface area is 524 Å². The van der Waals surface area contributed by atoms with Crippen LogP contribution < -0.4 is 21.0 Å². The lowest BCUT2D eigenvalue weighted by atomic mass is 9.98. The molecule has 1 aliphatic heterocycles. The lowest BCUT2D eigenvalue weighted by molar-refractivity contribution is -0.743. The Kier molecular flexibility index (Phi) is 23.3. The van der Waals surface area contributed by atoms with E-state index in [9.17, 15) is 48.6 Å². The molecule has 1 fully saturated rings. The van der Waals surface area contributed by atoms with Gasteiger partial charge < -0.3 is 40.9 Å². The summed E-state index contributed by atoms with van der Waals surface area (Å²) in [6, 6.07) is 48.9. The van der Waals surface area contributed by atoms with E-state index in [0.29, 0.717) is 50.1 Å². The summed E-state index contributed by atoms with van der Waals surface area (Å²) >= 11 is 0. The van der Waals surface area contributed by atoms with Crippen molar-refractivity contribution in [2.75, 3.05) is 19.8 Å². The quantitative estimate of drug-likeness (QED) is 0.0215. The number of ether oxygens (including phenoxy) is 2. The Morgan fingerprint density at radius 1 is 0.578 bits per heavy atom. The molecule has 466 valence electrons. The molecule has 23 nitrogen and oxygen atoms in total. The number of nitrogens with one attached hydrogen (secondary N) is 2. The van der Waals surface area contributed by atoms with Gasteiger partial charge in [-0.15, -0.1) is 31.9 Å². The molecular formula is C66H68ClN10O13+. The lowest BCUT2D eigenvalue weighted by Crippen LogP contribution is -2.41. The number of fused-ring (bicyclic) bond motifs is 6. The topological polar surface area (TPSA) is 310 Å². The van der Waals surface area contributed by atoms with Gasteiger partial charge in [0.05, 0.1) is 17.1 Å². The van der Waals surface area contributed by atoms with Crippen LogP contribution in [-0.4, -0.2) is 120 Å². The molecule has 1 saturated heterocycles. The minimum atomic E-state index is -1.11. The van der Waals surface area contributed by atoms with E-state index in [1.54, 1.807) is 33.9 Å². The molecule has 6 N–H and O–H groups in total. The number of aromatic nitrogens is 6. The Balaban J connectivity index is 0.000000185. The van der Waals surface area contributed by atoms with Crippen LogP contribution in [0.4, 0.5) is 9.59 Å². The van der Waals surface area contributed by atoms with Gasteiger partial charge in [-0.3, -0.25) is 14.4 Å². The number of hydroxylamine groups is 2. The van der Waals surface area contributed by atoms with E-state index < -0.39 is 54.0 Å². The number of nitrogens with zero attached hydrogens (tertiary/aromatic N) is 7. The van der Waals surface area contributed by atoms with Gasteiger partial charge in [0.25, 0.3) is 11.8 Å². The zero-order chi connectivity index (χ0) is 62.7. The number of hydrogen-bond donors (Lipinski definition) is 5. The van der Waals surface area contributed by atoms with Gasteiger partial charge in [-0.2, -0.15) is 0 Å². The number of hydrogen-bond acceptors (Lipinski definition) is 15. The average molecular weight is 1240 g/mol. The Bertz CT molecular complexity index is 3700. The number of benzene rings is 6. The maximum Gasteiger partial charge on any atom is 0.407 e. The minimum Gasteiger partial charge on any atom is -0.480 e. The standard InChI is InChI=1S/C32H32N4O5.C21H24N2O4.C13H10N4O4.ClH/c37-24(21-35-19-20-36(34-35)23-11-3-1-4-12-23)13-5-2-6-18-30(31(38)39)33-32(40)41-22-29-27-16-9-7-14-25(27)26-15-8-10-17-28(26)29;22-12-6-5-11-19(20(24)25)23-21(26)27-13-18-16-9-3-1-7-14(16)15-8-2-4-10-17(15)18;18-11-6-7-12(19)17(11)21-13(20)10-8-16(15-14-10)9-4-2-1-3-5-9;/h1,3-4,7-12,14-17,19-20,29-30H,2,5-6,13,18,21-22H2,(H-,33,38,39,40);1-4,7-10,18-19H,5-6,11-13,22H2,(H,23,26)(H,24,25);1-5,8H,6-7H2;1H/p+1/t30-;19-;;/m00../s1. The molecule has 24 heteroatoms. The number of carbonyl (C=O) groups is 8. The van der Waals surface area contributed by atoms with Gasteiger partial charge >= 0.3 is 30.1 Å². The summed E-state index contributed by atoms with van der Waals surface area (Å²) in [6.45, 7) is 0.961. The lowest BCUT2D eigenvalue weighted by Gasteiger charge is -2.17. The van der Waals surface area contributed by atoms with Gasteiger partial charge in [0.2, 0.25) is 0 Å². The van der Waals surface area contributed by atoms with Gasteiger partial charge in [-0.1, -0.05) is 152 Å². The summed E-state index contributed by atoms with van der Waals surface area (Å²) in [6.07, 6.45) is 7.74. The third-order valence-electron chi connectivity index (χ3n) is 15.1. The van der Waals surface area contributed by atoms with Crippen molar-refractivity contribution in [2.45, 2.75) is 94.7 Å². The number of alkyl carbamates (subject to hydrolysis) is 2. The van der Waals surface area contributed by atoms with E-state index in [4.69, 9.17) is 20.0 Å². The molecule has 3 heterocycles. The van der Waals surface area contributed by atoms with Crippen molar-refractivity contribution >= 4 is 60.1 Å². The van der Waals surface area contributed by atoms with Crippen LogP contribution in [-0.2, 0) is 44.8 Å². The molecule has 6 aromatic carbocycles. The molecule has 2 aromatic heterocycles. The van der Waals surface area contributed by atoms with E-state index in [1.165, 1.54) is 10.9 Å². The number of carboxylic acid groups (broad SMARTS) is 2. The van der Waals surface area contributed by atoms with Crippen molar-refractivity contribution in [3.05, 3.63) is 204 Å². The maximum atomic E-state index is 12.5. The smallest absolute Gasteiger partial charge is 0.407 e. The molecule has 4 amide bonds. The maximum absolute atomic E-state index is 12.5. The summed E-state index contributed by atoms with van der Waals surface area (Å²) in [5, 5.41) is 36.2. The molecular weight excluding hydrogens is 1180 g/mol. The second-order valence-electron chi connectivity index (χ2n) is 21.2. The number of carboxylic acids is 2. The predicted octanol–water partition coefficient (Wildman–Crippen LogP) is 8.69. The van der Waals surface area contributed by atoms with E-state index in [0.717, 1.165) is 62.3 Å². The van der Waals surface area contributed by atoms with Gasteiger partial charge in [0.15, 0.2) is 36.1 Å². The molecule has 2 aliphatic carbocycles. The molecule has 11 rings (SSSR count). The van der Waals surface area contributed by atoms with Gasteiger partial charge in [0, 0.05) is 31.1 Å². The summed E-state index contributed by atoms with van der Waals surface area (Å²) in [7, 11) is 0. The number of carbonyl (C=O) groups excluding carboxylic acids is 6. The fourth-order valence-corrected chi connectivity index (χ4v) is 10.7. The summed E-state index contributed by atoms with van der Waals surface area (Å²) in [5.74, 6) is -4.25. The fourth-order valence-electron chi connectivity index (χ4n) is 10.7. The SMILES string of the molecule is Cl.NCCCC[C@H](NC(=O)OCC1c2ccccc2-c2ccccc21)C(=O)O.O=C(CCCCC[C@H](NC(=O)OCC1c2ccccc2-c2ccccc21)C(=O)O)C[n+]1ccn(-c2ccccc2)n1.O=C(ON1C(=O)CCC1=O)c1cn(-c2ccccc2)nn1. The van der Waals surface area contributed by atoms with Crippen molar-refractivity contribution in [3.63, 3.8) is 0 Å². The highest BCUT2D eigenvalue weighted by Gasteiger charge is 2.35. The van der Waals surface area contributed by atoms with E-state index in [2.05, 4.69) is 50.4 Å². The Morgan fingerprint density at radius 2 is 1.01 bits per heavy atom. The zero-order valence-corrected chi connectivity index (χ0v) is 49.8. The monoisotopic (exact) mass is 1240 g/mol. The first-order chi connectivity index (χ1) is 43.3. The van der Waals surface area contributed by atoms with Crippen LogP contribution in [0.25, 0.3) is 33.6 Å². The molecule has 3 aliphatic rings.